The van der Waals surface area contributed by atoms with Gasteiger partial charge in [0.25, 0.3) is 0 Å². The lowest BCUT2D eigenvalue weighted by molar-refractivity contribution is -0.0624. The molecular weight excluding hydrogens is 314 g/mol. The van der Waals surface area contributed by atoms with Gasteiger partial charge in [-0.2, -0.15) is 4.98 Å². The van der Waals surface area contributed by atoms with Crippen molar-refractivity contribution in [1.82, 2.24) is 15.0 Å². The van der Waals surface area contributed by atoms with Gasteiger partial charge in [-0.15, -0.1) is 0 Å². The standard InChI is InChI=1S/C17H22ClN3O2/c1-3-13-10-21(9-8-17(13,2)22)11-15-19-16(20-23-15)12-4-6-14(18)7-5-12/h4-7,13,22H,3,8-11H2,1-2H3/t13-,17+/m1/s1. The quantitative estimate of drug-likeness (QED) is 0.928. The number of likely N-dealkylation sites (tertiary alicyclic amines) is 1. The molecule has 1 N–H and O–H groups in total. The summed E-state index contributed by atoms with van der Waals surface area (Å²) in [5.41, 5.74) is 0.312. The average Bonchev–Trinajstić information content (AvgIpc) is 2.98. The van der Waals surface area contributed by atoms with Crippen molar-refractivity contribution >= 4 is 11.6 Å². The molecule has 0 radical (unpaired) electrons. The summed E-state index contributed by atoms with van der Waals surface area (Å²) in [7, 11) is 0. The van der Waals surface area contributed by atoms with Gasteiger partial charge < -0.3 is 9.63 Å². The van der Waals surface area contributed by atoms with Crippen LogP contribution >= 0.6 is 11.6 Å². The molecule has 1 aliphatic rings. The van der Waals surface area contributed by atoms with Crippen LogP contribution in [-0.4, -0.2) is 38.8 Å². The molecule has 6 heteroatoms. The van der Waals surface area contributed by atoms with Crippen molar-refractivity contribution < 1.29 is 9.63 Å². The highest BCUT2D eigenvalue weighted by Crippen LogP contribution is 2.30. The van der Waals surface area contributed by atoms with Gasteiger partial charge in [-0.1, -0.05) is 23.7 Å². The number of halogens is 1. The molecule has 3 rings (SSSR count). The van der Waals surface area contributed by atoms with Crippen molar-refractivity contribution in [3.63, 3.8) is 0 Å². The van der Waals surface area contributed by atoms with E-state index >= 15 is 0 Å². The predicted molar refractivity (Wildman–Crippen MR) is 89.0 cm³/mol. The van der Waals surface area contributed by atoms with E-state index in [1.807, 2.05) is 31.2 Å². The maximum absolute atomic E-state index is 10.4. The van der Waals surface area contributed by atoms with Crippen molar-refractivity contribution in [3.05, 3.63) is 35.2 Å². The number of nitrogens with zero attached hydrogens (tertiary/aromatic N) is 3. The zero-order valence-electron chi connectivity index (χ0n) is 13.5. The van der Waals surface area contributed by atoms with E-state index in [9.17, 15) is 5.11 Å². The van der Waals surface area contributed by atoms with Crippen molar-refractivity contribution in [2.45, 2.75) is 38.8 Å². The molecule has 0 aliphatic carbocycles. The second kappa shape index (κ2) is 6.59. The summed E-state index contributed by atoms with van der Waals surface area (Å²) in [6.45, 7) is 6.36. The maximum atomic E-state index is 10.4. The van der Waals surface area contributed by atoms with Crippen LogP contribution in [0.3, 0.4) is 0 Å². The molecule has 0 bridgehead atoms. The number of rotatable bonds is 4. The molecule has 0 amide bonds. The molecule has 5 nitrogen and oxygen atoms in total. The van der Waals surface area contributed by atoms with Crippen LogP contribution in [0, 0.1) is 5.92 Å². The lowest BCUT2D eigenvalue weighted by Gasteiger charge is -2.42. The predicted octanol–water partition coefficient (Wildman–Crippen LogP) is 3.37. The van der Waals surface area contributed by atoms with Crippen LogP contribution in [0.25, 0.3) is 11.4 Å². The first-order valence-electron chi connectivity index (χ1n) is 8.01. The van der Waals surface area contributed by atoms with Crippen molar-refractivity contribution in [2.24, 2.45) is 5.92 Å². The molecular formula is C17H22ClN3O2. The van der Waals surface area contributed by atoms with Gasteiger partial charge in [0, 0.05) is 23.7 Å². The minimum Gasteiger partial charge on any atom is -0.390 e. The Balaban J connectivity index is 1.66. The fourth-order valence-corrected chi connectivity index (χ4v) is 3.25. The fraction of sp³-hybridized carbons (Fsp3) is 0.529. The second-order valence-corrected chi connectivity index (χ2v) is 6.90. The van der Waals surface area contributed by atoms with Gasteiger partial charge in [-0.3, -0.25) is 4.90 Å². The van der Waals surface area contributed by atoms with Gasteiger partial charge in [-0.25, -0.2) is 0 Å². The van der Waals surface area contributed by atoms with Crippen molar-refractivity contribution in [1.29, 1.82) is 0 Å². The van der Waals surface area contributed by atoms with Gasteiger partial charge >= 0.3 is 0 Å². The summed E-state index contributed by atoms with van der Waals surface area (Å²) in [4.78, 5) is 6.74. The third kappa shape index (κ3) is 3.74. The minimum atomic E-state index is -0.575. The Labute approximate surface area is 141 Å². The zero-order valence-corrected chi connectivity index (χ0v) is 14.3. The molecule has 2 atom stereocenters. The average molecular weight is 336 g/mol. The SMILES string of the molecule is CC[C@@H]1CN(Cc2nc(-c3ccc(Cl)cc3)no2)CC[C@]1(C)O. The summed E-state index contributed by atoms with van der Waals surface area (Å²) in [5, 5.41) is 15.1. The topological polar surface area (TPSA) is 62.4 Å². The van der Waals surface area contributed by atoms with E-state index in [1.54, 1.807) is 0 Å². The lowest BCUT2D eigenvalue weighted by atomic mass is 9.81. The summed E-state index contributed by atoms with van der Waals surface area (Å²) < 4.78 is 5.37. The Morgan fingerprint density at radius 3 is 2.83 bits per heavy atom. The van der Waals surface area contributed by atoms with Crippen molar-refractivity contribution in [3.8, 4) is 11.4 Å². The Bertz CT molecular complexity index is 654. The molecule has 0 spiro atoms. The monoisotopic (exact) mass is 335 g/mol. The molecule has 0 unspecified atom stereocenters. The summed E-state index contributed by atoms with van der Waals surface area (Å²) in [6.07, 6.45) is 1.73. The maximum Gasteiger partial charge on any atom is 0.241 e. The van der Waals surface area contributed by atoms with Crippen LogP contribution in [0.1, 0.15) is 32.6 Å². The molecule has 1 aromatic heterocycles. The minimum absolute atomic E-state index is 0.273. The number of hydrogen-bond acceptors (Lipinski definition) is 5. The summed E-state index contributed by atoms with van der Waals surface area (Å²) >= 11 is 5.89. The number of aromatic nitrogens is 2. The Morgan fingerprint density at radius 1 is 1.39 bits per heavy atom. The first kappa shape index (κ1) is 16.4. The van der Waals surface area contributed by atoms with Gasteiger partial charge in [0.05, 0.1) is 12.1 Å². The number of aliphatic hydroxyl groups is 1. The van der Waals surface area contributed by atoms with E-state index in [-0.39, 0.29) is 5.92 Å². The highest BCUT2D eigenvalue weighted by Gasteiger charge is 2.36. The normalized spacial score (nSPS) is 25.7. The zero-order chi connectivity index (χ0) is 16.4. The molecule has 0 saturated carbocycles. The number of piperidine rings is 1. The first-order chi connectivity index (χ1) is 11.0. The smallest absolute Gasteiger partial charge is 0.241 e. The van der Waals surface area contributed by atoms with Gasteiger partial charge in [0.2, 0.25) is 11.7 Å². The third-order valence-electron chi connectivity index (χ3n) is 4.71. The molecule has 1 aliphatic heterocycles. The summed E-state index contributed by atoms with van der Waals surface area (Å²) in [5.74, 6) is 1.45. The third-order valence-corrected chi connectivity index (χ3v) is 4.97. The van der Waals surface area contributed by atoms with Crippen LogP contribution in [0.4, 0.5) is 0 Å². The van der Waals surface area contributed by atoms with Gasteiger partial charge in [-0.05, 0) is 49.9 Å². The Morgan fingerprint density at radius 2 is 2.13 bits per heavy atom. The van der Waals surface area contributed by atoms with Crippen LogP contribution < -0.4 is 0 Å². The summed E-state index contributed by atoms with van der Waals surface area (Å²) in [6, 6.07) is 7.38. The van der Waals surface area contributed by atoms with E-state index in [2.05, 4.69) is 22.0 Å². The van der Waals surface area contributed by atoms with Gasteiger partial charge in [0.1, 0.15) is 0 Å². The van der Waals surface area contributed by atoms with Crippen molar-refractivity contribution in [2.75, 3.05) is 13.1 Å². The molecule has 124 valence electrons. The van der Waals surface area contributed by atoms with E-state index in [4.69, 9.17) is 16.1 Å². The Hall–Kier alpha value is -1.43. The molecule has 1 saturated heterocycles. The highest BCUT2D eigenvalue weighted by atomic mass is 35.5. The molecule has 1 aromatic carbocycles. The van der Waals surface area contributed by atoms with Crippen LogP contribution in [0.2, 0.25) is 5.02 Å². The molecule has 23 heavy (non-hydrogen) atoms. The lowest BCUT2D eigenvalue weighted by Crippen LogP contribution is -2.49. The number of hydrogen-bond donors (Lipinski definition) is 1. The van der Waals surface area contributed by atoms with Crippen LogP contribution in [0.5, 0.6) is 0 Å². The van der Waals surface area contributed by atoms with Crippen LogP contribution in [-0.2, 0) is 6.54 Å². The molecule has 1 fully saturated rings. The molecule has 2 aromatic rings. The number of benzene rings is 1. The largest absolute Gasteiger partial charge is 0.390 e. The van der Waals surface area contributed by atoms with E-state index in [0.717, 1.165) is 31.5 Å². The van der Waals surface area contributed by atoms with E-state index in [0.29, 0.717) is 23.3 Å². The Kier molecular flexibility index (Phi) is 4.71. The second-order valence-electron chi connectivity index (χ2n) is 6.47. The highest BCUT2D eigenvalue weighted by molar-refractivity contribution is 6.30. The van der Waals surface area contributed by atoms with Crippen LogP contribution in [0.15, 0.2) is 28.8 Å². The first-order valence-corrected chi connectivity index (χ1v) is 8.39. The van der Waals surface area contributed by atoms with E-state index < -0.39 is 5.60 Å². The molecule has 2 heterocycles. The fourth-order valence-electron chi connectivity index (χ4n) is 3.13. The van der Waals surface area contributed by atoms with Gasteiger partial charge in [0.15, 0.2) is 0 Å². The van der Waals surface area contributed by atoms with E-state index in [1.165, 1.54) is 0 Å².